The number of nitrogen functional groups attached to an aromatic ring is 1. The average molecular weight is 590 g/mol. The average Bonchev–Trinajstić information content (AvgIpc) is 3.52. The van der Waals surface area contributed by atoms with Crippen LogP contribution in [0.25, 0.3) is 22.3 Å². The van der Waals surface area contributed by atoms with E-state index in [1.807, 2.05) is 54.6 Å². The SMILES string of the molecule is CN1CCN(Cc2ccc(-c3cnc(N)c(C(=O)NC4CCN(C(=O)Nc5cccc(-c6ccccc6)c5)C4)c3)cc2)CC1. The number of amides is 3. The molecule has 9 heteroatoms. The summed E-state index contributed by atoms with van der Waals surface area (Å²) in [4.78, 5) is 37.2. The zero-order chi connectivity index (χ0) is 30.5. The Kier molecular flexibility index (Phi) is 8.86. The molecule has 9 nitrogen and oxygen atoms in total. The molecule has 226 valence electrons. The number of likely N-dealkylation sites (N-methyl/N-ethyl adjacent to an activating group) is 1. The number of nitrogens with two attached hydrogens (primary N) is 1. The van der Waals surface area contributed by atoms with Gasteiger partial charge in [0.25, 0.3) is 5.91 Å². The summed E-state index contributed by atoms with van der Waals surface area (Å²) in [6, 6.07) is 27.7. The summed E-state index contributed by atoms with van der Waals surface area (Å²) in [5.41, 5.74) is 12.4. The summed E-state index contributed by atoms with van der Waals surface area (Å²) in [6.45, 7) is 6.22. The van der Waals surface area contributed by atoms with Crippen molar-refractivity contribution in [3.8, 4) is 22.3 Å². The second-order valence-corrected chi connectivity index (χ2v) is 11.7. The second kappa shape index (κ2) is 13.3. The smallest absolute Gasteiger partial charge is 0.321 e. The van der Waals surface area contributed by atoms with Crippen molar-refractivity contribution in [2.24, 2.45) is 0 Å². The van der Waals surface area contributed by atoms with Gasteiger partial charge in [-0.05, 0) is 53.9 Å². The van der Waals surface area contributed by atoms with Crippen LogP contribution in [0.4, 0.5) is 16.3 Å². The van der Waals surface area contributed by atoms with E-state index in [0.717, 1.165) is 60.7 Å². The zero-order valence-electron chi connectivity index (χ0n) is 25.1. The van der Waals surface area contributed by atoms with Gasteiger partial charge >= 0.3 is 6.03 Å². The third-order valence-electron chi connectivity index (χ3n) is 8.48. The van der Waals surface area contributed by atoms with Gasteiger partial charge in [-0.3, -0.25) is 9.69 Å². The maximum Gasteiger partial charge on any atom is 0.321 e. The highest BCUT2D eigenvalue weighted by Crippen LogP contribution is 2.25. The molecule has 2 aliphatic heterocycles. The number of piperazine rings is 1. The van der Waals surface area contributed by atoms with E-state index in [-0.39, 0.29) is 23.8 Å². The predicted octanol–water partition coefficient (Wildman–Crippen LogP) is 4.78. The lowest BCUT2D eigenvalue weighted by Gasteiger charge is -2.32. The Labute approximate surface area is 258 Å². The van der Waals surface area contributed by atoms with Gasteiger partial charge in [0.15, 0.2) is 0 Å². The molecular weight excluding hydrogens is 550 g/mol. The molecule has 3 aromatic carbocycles. The molecule has 0 aliphatic carbocycles. The molecule has 6 rings (SSSR count). The van der Waals surface area contributed by atoms with Crippen molar-refractivity contribution in [3.63, 3.8) is 0 Å². The lowest BCUT2D eigenvalue weighted by molar-refractivity contribution is 0.0938. The minimum absolute atomic E-state index is 0.180. The Morgan fingerprint density at radius 1 is 0.841 bits per heavy atom. The monoisotopic (exact) mass is 589 g/mol. The molecule has 1 atom stereocenters. The van der Waals surface area contributed by atoms with Crippen LogP contribution in [-0.2, 0) is 6.54 Å². The fraction of sp³-hybridized carbons (Fsp3) is 0.286. The molecule has 0 saturated carbocycles. The van der Waals surface area contributed by atoms with Crippen LogP contribution in [0.2, 0.25) is 0 Å². The van der Waals surface area contributed by atoms with Crippen molar-refractivity contribution in [2.45, 2.75) is 19.0 Å². The van der Waals surface area contributed by atoms with Crippen LogP contribution in [0.1, 0.15) is 22.3 Å². The molecule has 3 heterocycles. The number of carbonyl (C=O) groups excluding carboxylic acids is 2. The summed E-state index contributed by atoms with van der Waals surface area (Å²) < 4.78 is 0. The summed E-state index contributed by atoms with van der Waals surface area (Å²) in [5, 5.41) is 6.06. The van der Waals surface area contributed by atoms with Gasteiger partial charge in [0, 0.05) is 69.3 Å². The van der Waals surface area contributed by atoms with Crippen molar-refractivity contribution < 1.29 is 9.59 Å². The van der Waals surface area contributed by atoms with Crippen LogP contribution in [0.5, 0.6) is 0 Å². The van der Waals surface area contributed by atoms with E-state index in [1.54, 1.807) is 17.2 Å². The molecule has 0 radical (unpaired) electrons. The number of aromatic nitrogens is 1. The van der Waals surface area contributed by atoms with Crippen molar-refractivity contribution in [3.05, 3.63) is 102 Å². The highest BCUT2D eigenvalue weighted by Gasteiger charge is 2.28. The van der Waals surface area contributed by atoms with Gasteiger partial charge in [0.2, 0.25) is 0 Å². The van der Waals surface area contributed by atoms with E-state index >= 15 is 0 Å². The second-order valence-electron chi connectivity index (χ2n) is 11.7. The standard InChI is InChI=1S/C35H39N7O2/c1-40-16-18-41(19-17-40)23-25-10-12-27(13-11-25)29-21-32(33(36)37-22-29)34(43)38-31-14-15-42(24-31)35(44)39-30-9-5-8-28(20-30)26-6-3-2-4-7-26/h2-13,20-22,31H,14-19,23-24H2,1H3,(H2,36,37)(H,38,43)(H,39,44). The van der Waals surface area contributed by atoms with E-state index in [1.165, 1.54) is 5.56 Å². The fourth-order valence-electron chi connectivity index (χ4n) is 5.82. The first-order chi connectivity index (χ1) is 21.4. The van der Waals surface area contributed by atoms with Crippen LogP contribution >= 0.6 is 0 Å². The minimum Gasteiger partial charge on any atom is -0.383 e. The first kappa shape index (κ1) is 29.3. The van der Waals surface area contributed by atoms with Crippen molar-refractivity contribution >= 4 is 23.4 Å². The molecule has 44 heavy (non-hydrogen) atoms. The largest absolute Gasteiger partial charge is 0.383 e. The van der Waals surface area contributed by atoms with Crippen LogP contribution < -0.4 is 16.4 Å². The lowest BCUT2D eigenvalue weighted by atomic mass is 10.0. The number of rotatable bonds is 7. The van der Waals surface area contributed by atoms with E-state index in [4.69, 9.17) is 5.73 Å². The van der Waals surface area contributed by atoms with Crippen LogP contribution in [-0.4, -0.2) is 84.0 Å². The third-order valence-corrected chi connectivity index (χ3v) is 8.48. The molecule has 0 bridgehead atoms. The molecule has 3 amide bonds. The summed E-state index contributed by atoms with van der Waals surface area (Å²) in [6.07, 6.45) is 2.36. The molecule has 2 aliphatic rings. The van der Waals surface area contributed by atoms with Crippen molar-refractivity contribution in [1.82, 2.24) is 25.0 Å². The van der Waals surface area contributed by atoms with Gasteiger partial charge in [-0.2, -0.15) is 0 Å². The minimum atomic E-state index is -0.286. The number of pyridine rings is 1. The topological polar surface area (TPSA) is 107 Å². The van der Waals surface area contributed by atoms with Crippen molar-refractivity contribution in [1.29, 1.82) is 0 Å². The Morgan fingerprint density at radius 2 is 1.57 bits per heavy atom. The quantitative estimate of drug-likeness (QED) is 0.287. The normalized spacial score (nSPS) is 17.4. The molecule has 0 spiro atoms. The number of benzene rings is 3. The van der Waals surface area contributed by atoms with Gasteiger partial charge in [0.1, 0.15) is 5.82 Å². The number of anilines is 2. The highest BCUT2D eigenvalue weighted by atomic mass is 16.2. The van der Waals surface area contributed by atoms with Gasteiger partial charge in [-0.25, -0.2) is 9.78 Å². The molecular formula is C35H39N7O2. The lowest BCUT2D eigenvalue weighted by Crippen LogP contribution is -2.43. The number of nitrogens with zero attached hydrogens (tertiary/aromatic N) is 4. The van der Waals surface area contributed by atoms with Crippen molar-refractivity contribution in [2.75, 3.05) is 57.4 Å². The Balaban J connectivity index is 1.04. The summed E-state index contributed by atoms with van der Waals surface area (Å²) in [5.74, 6) is -0.102. The zero-order valence-corrected chi connectivity index (χ0v) is 25.1. The van der Waals surface area contributed by atoms with E-state index in [0.29, 0.717) is 25.1 Å². The maximum absolute atomic E-state index is 13.3. The number of hydrogen-bond donors (Lipinski definition) is 3. The molecule has 2 fully saturated rings. The first-order valence-corrected chi connectivity index (χ1v) is 15.2. The maximum atomic E-state index is 13.3. The van der Waals surface area contributed by atoms with Crippen LogP contribution in [0, 0.1) is 0 Å². The number of urea groups is 1. The van der Waals surface area contributed by atoms with E-state index in [9.17, 15) is 9.59 Å². The number of likely N-dealkylation sites (tertiary alicyclic amines) is 1. The molecule has 4 N–H and O–H groups in total. The molecule has 4 aromatic rings. The summed E-state index contributed by atoms with van der Waals surface area (Å²) in [7, 11) is 2.16. The number of hydrogen-bond acceptors (Lipinski definition) is 6. The summed E-state index contributed by atoms with van der Waals surface area (Å²) >= 11 is 0. The highest BCUT2D eigenvalue weighted by molar-refractivity contribution is 5.99. The van der Waals surface area contributed by atoms with Gasteiger partial charge < -0.3 is 26.2 Å². The Morgan fingerprint density at radius 3 is 2.34 bits per heavy atom. The van der Waals surface area contributed by atoms with Gasteiger partial charge in [-0.15, -0.1) is 0 Å². The Hall–Kier alpha value is -4.73. The van der Waals surface area contributed by atoms with E-state index < -0.39 is 0 Å². The van der Waals surface area contributed by atoms with Gasteiger partial charge in [-0.1, -0.05) is 66.7 Å². The number of carbonyl (C=O) groups is 2. The predicted molar refractivity (Wildman–Crippen MR) is 175 cm³/mol. The molecule has 1 aromatic heterocycles. The van der Waals surface area contributed by atoms with Crippen LogP contribution in [0.3, 0.4) is 0 Å². The molecule has 2 saturated heterocycles. The van der Waals surface area contributed by atoms with Gasteiger partial charge in [0.05, 0.1) is 5.56 Å². The third kappa shape index (κ3) is 7.07. The molecule has 1 unspecified atom stereocenters. The van der Waals surface area contributed by atoms with E-state index in [2.05, 4.69) is 56.7 Å². The Bertz CT molecular complexity index is 1600. The first-order valence-electron chi connectivity index (χ1n) is 15.2. The van der Waals surface area contributed by atoms with Crippen LogP contribution in [0.15, 0.2) is 91.1 Å². The number of nitrogens with one attached hydrogen (secondary N) is 2. The fourth-order valence-corrected chi connectivity index (χ4v) is 5.82.